The van der Waals surface area contributed by atoms with Crippen molar-refractivity contribution in [1.29, 1.82) is 0 Å². The van der Waals surface area contributed by atoms with Crippen molar-refractivity contribution in [3.05, 3.63) is 110 Å². The summed E-state index contributed by atoms with van der Waals surface area (Å²) in [6.45, 7) is 4.19. The lowest BCUT2D eigenvalue weighted by Crippen LogP contribution is -2.34. The van der Waals surface area contributed by atoms with Gasteiger partial charge in [-0.05, 0) is 72.7 Å². The highest BCUT2D eigenvalue weighted by Gasteiger charge is 2.21. The maximum atomic E-state index is 13.6. The minimum atomic E-state index is -0.287. The number of pyridine rings is 1. The van der Waals surface area contributed by atoms with Crippen LogP contribution in [-0.2, 0) is 6.42 Å². The zero-order valence-electron chi connectivity index (χ0n) is 19.4. The van der Waals surface area contributed by atoms with Gasteiger partial charge in [0.05, 0.1) is 0 Å². The van der Waals surface area contributed by atoms with E-state index in [9.17, 15) is 19.3 Å². The van der Waals surface area contributed by atoms with E-state index >= 15 is 0 Å². The van der Waals surface area contributed by atoms with Crippen LogP contribution in [0.2, 0.25) is 0 Å². The molecule has 1 saturated heterocycles. The quantitative estimate of drug-likeness (QED) is 0.356. The Labute approximate surface area is 206 Å². The van der Waals surface area contributed by atoms with Crippen LogP contribution in [0.3, 0.4) is 0 Å². The molecule has 0 aliphatic carbocycles. The molecule has 0 saturated carbocycles. The molecule has 0 N–H and O–H groups in total. The van der Waals surface area contributed by atoms with E-state index in [4.69, 9.17) is 0 Å². The van der Waals surface area contributed by atoms with Crippen molar-refractivity contribution in [2.75, 3.05) is 19.6 Å². The Bertz CT molecular complexity index is 1400. The van der Waals surface area contributed by atoms with Crippen molar-refractivity contribution in [1.82, 2.24) is 15.0 Å². The number of thiazole rings is 1. The second-order valence-corrected chi connectivity index (χ2v) is 9.81. The smallest absolute Gasteiger partial charge is 0.259 e. The highest BCUT2D eigenvalue weighted by atomic mass is 32.1. The van der Waals surface area contributed by atoms with Gasteiger partial charge in [-0.15, -0.1) is 17.1 Å². The Morgan fingerprint density at radius 1 is 0.971 bits per heavy atom. The van der Waals surface area contributed by atoms with Crippen LogP contribution in [0.15, 0.2) is 70.5 Å². The highest BCUT2D eigenvalue weighted by Crippen LogP contribution is 2.33. The normalized spacial score (nSPS) is 14.5. The summed E-state index contributed by atoms with van der Waals surface area (Å²) in [7, 11) is 0. The van der Waals surface area contributed by atoms with Crippen LogP contribution in [0, 0.1) is 18.6 Å². The highest BCUT2D eigenvalue weighted by molar-refractivity contribution is 7.16. The second-order valence-electron chi connectivity index (χ2n) is 8.92. The lowest BCUT2D eigenvalue weighted by molar-refractivity contribution is 0.259. The van der Waals surface area contributed by atoms with Crippen LogP contribution in [0.25, 0.3) is 10.4 Å². The molecule has 2 aromatic heterocycles. The van der Waals surface area contributed by atoms with Gasteiger partial charge in [0.1, 0.15) is 22.2 Å². The Balaban J connectivity index is 1.36. The van der Waals surface area contributed by atoms with Crippen LogP contribution in [0.4, 0.5) is 14.5 Å². The van der Waals surface area contributed by atoms with E-state index in [0.29, 0.717) is 22.4 Å². The fourth-order valence-electron chi connectivity index (χ4n) is 4.89. The monoisotopic (exact) mass is 489 g/mol. The van der Waals surface area contributed by atoms with Gasteiger partial charge in [0.15, 0.2) is 0 Å². The zero-order chi connectivity index (χ0) is 24.5. The maximum absolute atomic E-state index is 13.6. The summed E-state index contributed by atoms with van der Waals surface area (Å²) in [5, 5.41) is 1.80. The first-order valence-electron chi connectivity index (χ1n) is 11.7. The Hall–Kier alpha value is -3.29. The van der Waals surface area contributed by atoms with E-state index in [0.717, 1.165) is 49.2 Å². The molecule has 5 rings (SSSR count). The molecular weight excluding hydrogens is 464 g/mol. The van der Waals surface area contributed by atoms with Crippen molar-refractivity contribution in [2.45, 2.75) is 26.2 Å². The van der Waals surface area contributed by atoms with Crippen molar-refractivity contribution in [3.8, 4) is 0 Å². The molecule has 0 spiro atoms. The van der Waals surface area contributed by atoms with E-state index in [-0.39, 0.29) is 22.9 Å². The van der Waals surface area contributed by atoms with Crippen LogP contribution in [0.5, 0.6) is 0 Å². The average Bonchev–Trinajstić information content (AvgIpc) is 3.37. The maximum Gasteiger partial charge on any atom is 0.259 e. The third-order valence-corrected chi connectivity index (χ3v) is 7.72. The molecule has 4 aromatic rings. The van der Waals surface area contributed by atoms with E-state index < -0.39 is 0 Å². The molecule has 2 radical (unpaired) electrons. The first-order chi connectivity index (χ1) is 16.9. The largest absolute Gasteiger partial charge is 0.302 e. The molecule has 0 amide bonds. The number of fused-ring (bicyclic) bond motifs is 1. The Morgan fingerprint density at radius 2 is 1.54 bits per heavy atom. The number of halogens is 2. The third-order valence-electron chi connectivity index (χ3n) is 6.85. The van der Waals surface area contributed by atoms with Crippen molar-refractivity contribution >= 4 is 27.4 Å². The zero-order valence-corrected chi connectivity index (χ0v) is 20.2. The molecular formula is C28H25F2N3OS. The molecule has 0 unspecified atom stereocenters. The molecule has 178 valence electrons. The minimum absolute atomic E-state index is 0.0657. The summed E-state index contributed by atoms with van der Waals surface area (Å²) in [4.78, 5) is 15.8. The van der Waals surface area contributed by atoms with Gasteiger partial charge in [-0.25, -0.2) is 8.78 Å². The van der Waals surface area contributed by atoms with E-state index in [2.05, 4.69) is 4.90 Å². The van der Waals surface area contributed by atoms with Crippen LogP contribution in [-0.4, -0.2) is 28.9 Å². The number of nitrogens with zero attached hydrogens (tertiary/aromatic N) is 3. The lowest BCUT2D eigenvalue weighted by Gasteiger charge is -2.30. The number of aromatic nitrogens is 1. The Morgan fingerprint density at radius 3 is 2.11 bits per heavy atom. The SMILES string of the molecule is Cc1c(CCN2CCC(=C(c3ccc(F)cc3)c3ccc(F)cc3)CC2)c(=O)n2ccsc2c1[N]. The fourth-order valence-corrected chi connectivity index (χ4v) is 5.72. The lowest BCUT2D eigenvalue weighted by atomic mass is 9.88. The standard InChI is InChI=1S/C28H25F2N3OS/c1-18-24(27(34)33-16-17-35-28(33)26(18)31)12-15-32-13-10-21(11-14-32)25(19-2-6-22(29)7-3-19)20-4-8-23(30)9-5-20/h2-9,16-17H,10-15H2,1H3. The van der Waals surface area contributed by atoms with Crippen LogP contribution < -0.4 is 11.3 Å². The molecule has 35 heavy (non-hydrogen) atoms. The second kappa shape index (κ2) is 9.76. The molecule has 0 bridgehead atoms. The fraction of sp³-hybridized carbons (Fsp3) is 0.250. The van der Waals surface area contributed by atoms with Gasteiger partial charge in [0, 0.05) is 36.8 Å². The molecule has 4 nitrogen and oxygen atoms in total. The summed E-state index contributed by atoms with van der Waals surface area (Å²) >= 11 is 1.35. The summed E-state index contributed by atoms with van der Waals surface area (Å²) in [6, 6.07) is 12.9. The first kappa shape index (κ1) is 23.5. The number of hydrogen-bond acceptors (Lipinski definition) is 3. The van der Waals surface area contributed by atoms with Crippen molar-refractivity contribution in [2.24, 2.45) is 0 Å². The summed E-state index contributed by atoms with van der Waals surface area (Å²) in [6.07, 6.45) is 3.93. The number of rotatable bonds is 5. The molecule has 1 fully saturated rings. The van der Waals surface area contributed by atoms with Gasteiger partial charge >= 0.3 is 0 Å². The number of piperidine rings is 1. The molecule has 7 heteroatoms. The molecule has 1 aliphatic heterocycles. The van der Waals surface area contributed by atoms with Gasteiger partial charge in [-0.1, -0.05) is 29.8 Å². The molecule has 2 aromatic carbocycles. The van der Waals surface area contributed by atoms with Gasteiger partial charge in [-0.3, -0.25) is 9.20 Å². The van der Waals surface area contributed by atoms with Gasteiger partial charge in [0.25, 0.3) is 5.56 Å². The van der Waals surface area contributed by atoms with E-state index in [1.807, 2.05) is 0 Å². The average molecular weight is 490 g/mol. The van der Waals surface area contributed by atoms with Gasteiger partial charge < -0.3 is 4.90 Å². The van der Waals surface area contributed by atoms with Crippen molar-refractivity contribution in [3.63, 3.8) is 0 Å². The van der Waals surface area contributed by atoms with E-state index in [1.54, 1.807) is 42.8 Å². The summed E-state index contributed by atoms with van der Waals surface area (Å²) < 4.78 is 28.6. The summed E-state index contributed by atoms with van der Waals surface area (Å²) in [5.41, 5.74) is 16.1. The first-order valence-corrected chi connectivity index (χ1v) is 12.6. The Kier molecular flexibility index (Phi) is 6.54. The number of benzene rings is 2. The molecule has 3 heterocycles. The minimum Gasteiger partial charge on any atom is -0.302 e. The van der Waals surface area contributed by atoms with E-state index in [1.165, 1.54) is 45.6 Å². The van der Waals surface area contributed by atoms with Gasteiger partial charge in [-0.2, -0.15) is 0 Å². The van der Waals surface area contributed by atoms with Gasteiger partial charge in [0.2, 0.25) is 0 Å². The molecule has 0 atom stereocenters. The molecule has 1 aliphatic rings. The number of hydrogen-bond donors (Lipinski definition) is 0. The predicted octanol–water partition coefficient (Wildman–Crippen LogP) is 5.79. The topological polar surface area (TPSA) is 47.0 Å². The van der Waals surface area contributed by atoms with Crippen LogP contribution >= 0.6 is 11.3 Å². The number of likely N-dealkylation sites (tertiary alicyclic amines) is 1. The third kappa shape index (κ3) is 4.66. The predicted molar refractivity (Wildman–Crippen MR) is 136 cm³/mol. The summed E-state index contributed by atoms with van der Waals surface area (Å²) in [5.74, 6) is -0.574. The van der Waals surface area contributed by atoms with Crippen LogP contribution in [0.1, 0.15) is 35.1 Å². The van der Waals surface area contributed by atoms with Crippen molar-refractivity contribution < 1.29 is 8.78 Å².